The first-order valence-corrected chi connectivity index (χ1v) is 9.58. The third-order valence-electron chi connectivity index (χ3n) is 4.80. The number of rotatable bonds is 8. The van der Waals surface area contributed by atoms with Gasteiger partial charge >= 0.3 is 0 Å². The normalized spacial score (nSPS) is 12.4. The van der Waals surface area contributed by atoms with Crippen molar-refractivity contribution >= 4 is 11.6 Å². The maximum absolute atomic E-state index is 12.1. The Balaban J connectivity index is 1.93. The third kappa shape index (κ3) is 6.57. The Hall–Kier alpha value is -2.53. The van der Waals surface area contributed by atoms with Crippen LogP contribution >= 0.6 is 0 Å². The molecule has 5 nitrogen and oxygen atoms in total. The van der Waals surface area contributed by atoms with Gasteiger partial charge in [0.25, 0.3) is 5.91 Å². The smallest absolute Gasteiger partial charge is 0.262 e. The Labute approximate surface area is 168 Å². The van der Waals surface area contributed by atoms with Crippen LogP contribution in [0.15, 0.2) is 42.5 Å². The number of methoxy groups -OCH3 is 1. The summed E-state index contributed by atoms with van der Waals surface area (Å²) < 4.78 is 11.1. The Morgan fingerprint density at radius 2 is 1.86 bits per heavy atom. The molecule has 0 radical (unpaired) electrons. The molecule has 0 aliphatic rings. The molecule has 2 aromatic rings. The lowest BCUT2D eigenvalue weighted by Gasteiger charge is -2.28. The molecule has 0 aliphatic heterocycles. The van der Waals surface area contributed by atoms with Gasteiger partial charge in [-0.15, -0.1) is 0 Å². The summed E-state index contributed by atoms with van der Waals surface area (Å²) >= 11 is 0. The molecular formula is C23H32N2O3. The first-order chi connectivity index (χ1) is 13.2. The molecule has 5 heteroatoms. The summed E-state index contributed by atoms with van der Waals surface area (Å²) in [7, 11) is 1.60. The van der Waals surface area contributed by atoms with Crippen molar-refractivity contribution in [3.63, 3.8) is 0 Å². The van der Waals surface area contributed by atoms with E-state index in [1.807, 2.05) is 49.4 Å². The minimum Gasteiger partial charge on any atom is -0.493 e. The summed E-state index contributed by atoms with van der Waals surface area (Å²) in [5, 5.41) is 6.37. The minimum atomic E-state index is -0.211. The zero-order valence-electron chi connectivity index (χ0n) is 17.8. The van der Waals surface area contributed by atoms with E-state index in [1.54, 1.807) is 7.11 Å². The molecule has 2 aromatic carbocycles. The maximum Gasteiger partial charge on any atom is 0.262 e. The zero-order valence-corrected chi connectivity index (χ0v) is 17.8. The highest BCUT2D eigenvalue weighted by Crippen LogP contribution is 2.28. The van der Waals surface area contributed by atoms with Crippen molar-refractivity contribution in [3.8, 4) is 11.5 Å². The number of carbonyl (C=O) groups excluding carboxylic acids is 1. The van der Waals surface area contributed by atoms with Gasteiger partial charge < -0.3 is 20.1 Å². The number of carbonyl (C=O) groups is 1. The highest BCUT2D eigenvalue weighted by atomic mass is 16.5. The molecule has 1 atom stereocenters. The summed E-state index contributed by atoms with van der Waals surface area (Å²) in [5.41, 5.74) is 3.14. The summed E-state index contributed by atoms with van der Waals surface area (Å²) in [4.78, 5) is 12.1. The molecule has 0 bridgehead atoms. The van der Waals surface area contributed by atoms with Gasteiger partial charge in [-0.05, 0) is 54.7 Å². The number of aryl methyl sites for hydroxylation is 1. The van der Waals surface area contributed by atoms with Crippen molar-refractivity contribution in [1.82, 2.24) is 5.32 Å². The molecule has 0 saturated carbocycles. The van der Waals surface area contributed by atoms with Crippen molar-refractivity contribution in [3.05, 3.63) is 53.6 Å². The van der Waals surface area contributed by atoms with Gasteiger partial charge in [0.2, 0.25) is 0 Å². The van der Waals surface area contributed by atoms with Crippen molar-refractivity contribution < 1.29 is 14.3 Å². The van der Waals surface area contributed by atoms with Crippen LogP contribution in [-0.2, 0) is 11.3 Å². The van der Waals surface area contributed by atoms with Gasteiger partial charge in [0.05, 0.1) is 7.11 Å². The van der Waals surface area contributed by atoms with Gasteiger partial charge in [-0.25, -0.2) is 0 Å². The van der Waals surface area contributed by atoms with Gasteiger partial charge in [-0.2, -0.15) is 0 Å². The second-order valence-electron chi connectivity index (χ2n) is 8.16. The van der Waals surface area contributed by atoms with Crippen molar-refractivity contribution in [2.75, 3.05) is 19.0 Å². The third-order valence-corrected chi connectivity index (χ3v) is 4.80. The monoisotopic (exact) mass is 384 g/mol. The summed E-state index contributed by atoms with van der Waals surface area (Å²) in [5.74, 6) is 0.956. The lowest BCUT2D eigenvalue weighted by molar-refractivity contribution is -0.118. The van der Waals surface area contributed by atoms with Crippen molar-refractivity contribution in [1.29, 1.82) is 0 Å². The Morgan fingerprint density at radius 3 is 2.50 bits per heavy atom. The van der Waals surface area contributed by atoms with E-state index in [2.05, 4.69) is 38.3 Å². The average molecular weight is 385 g/mol. The van der Waals surface area contributed by atoms with Crippen LogP contribution < -0.4 is 20.1 Å². The lowest BCUT2D eigenvalue weighted by atomic mass is 9.88. The fraction of sp³-hybridized carbons (Fsp3) is 0.435. The standard InChI is InChI=1S/C23H32N2O3/c1-16-8-7-9-19(12-16)25-22(26)15-28-20-11-10-18(13-21(20)27-6)14-24-17(2)23(3,4)5/h7-13,17,24H,14-15H2,1-6H3,(H,25,26). The molecule has 0 fully saturated rings. The Kier molecular flexibility index (Phi) is 7.46. The van der Waals surface area contributed by atoms with Gasteiger partial charge in [0.1, 0.15) is 0 Å². The van der Waals surface area contributed by atoms with Gasteiger partial charge in [0.15, 0.2) is 18.1 Å². The molecule has 1 amide bonds. The van der Waals surface area contributed by atoms with E-state index < -0.39 is 0 Å². The second kappa shape index (κ2) is 9.60. The van der Waals surface area contributed by atoms with Crippen LogP contribution in [0.5, 0.6) is 11.5 Å². The summed E-state index contributed by atoms with van der Waals surface area (Å²) in [6.07, 6.45) is 0. The SMILES string of the molecule is COc1cc(CNC(C)C(C)(C)C)ccc1OCC(=O)Nc1cccc(C)c1. The Bertz CT molecular complexity index is 797. The molecule has 2 N–H and O–H groups in total. The van der Waals surface area contributed by atoms with Gasteiger partial charge in [0, 0.05) is 18.3 Å². The number of ether oxygens (including phenoxy) is 2. The van der Waals surface area contributed by atoms with E-state index in [9.17, 15) is 4.79 Å². The van der Waals surface area contributed by atoms with E-state index in [-0.39, 0.29) is 17.9 Å². The van der Waals surface area contributed by atoms with Gasteiger partial charge in [-0.1, -0.05) is 39.0 Å². The molecule has 0 spiro atoms. The Morgan fingerprint density at radius 1 is 1.11 bits per heavy atom. The maximum atomic E-state index is 12.1. The van der Waals surface area contributed by atoms with Crippen LogP contribution in [-0.4, -0.2) is 25.7 Å². The van der Waals surface area contributed by atoms with E-state index >= 15 is 0 Å². The molecule has 0 saturated heterocycles. The zero-order chi connectivity index (χ0) is 20.7. The molecule has 0 heterocycles. The lowest BCUT2D eigenvalue weighted by Crippen LogP contribution is -2.37. The number of nitrogens with one attached hydrogen (secondary N) is 2. The highest BCUT2D eigenvalue weighted by molar-refractivity contribution is 5.91. The van der Waals surface area contributed by atoms with E-state index in [0.717, 1.165) is 23.4 Å². The van der Waals surface area contributed by atoms with Crippen LogP contribution in [0.2, 0.25) is 0 Å². The van der Waals surface area contributed by atoms with Crippen LogP contribution in [0.4, 0.5) is 5.69 Å². The fourth-order valence-corrected chi connectivity index (χ4v) is 2.58. The number of anilines is 1. The fourth-order valence-electron chi connectivity index (χ4n) is 2.58. The molecule has 2 rings (SSSR count). The topological polar surface area (TPSA) is 59.6 Å². The predicted octanol–water partition coefficient (Wildman–Crippen LogP) is 4.55. The molecule has 0 aromatic heterocycles. The average Bonchev–Trinajstić information content (AvgIpc) is 2.63. The van der Waals surface area contributed by atoms with Crippen LogP contribution in [0.25, 0.3) is 0 Å². The summed E-state index contributed by atoms with van der Waals surface area (Å²) in [6.45, 7) is 11.5. The first kappa shape index (κ1) is 21.8. The molecule has 1 unspecified atom stereocenters. The van der Waals surface area contributed by atoms with Crippen LogP contribution in [0.3, 0.4) is 0 Å². The van der Waals surface area contributed by atoms with Crippen molar-refractivity contribution in [2.24, 2.45) is 5.41 Å². The molecular weight excluding hydrogens is 352 g/mol. The molecule has 0 aliphatic carbocycles. The quantitative estimate of drug-likeness (QED) is 0.701. The van der Waals surface area contributed by atoms with E-state index in [1.165, 1.54) is 0 Å². The number of benzene rings is 2. The first-order valence-electron chi connectivity index (χ1n) is 9.58. The number of hydrogen-bond donors (Lipinski definition) is 2. The number of hydrogen-bond acceptors (Lipinski definition) is 4. The predicted molar refractivity (Wildman–Crippen MR) is 114 cm³/mol. The van der Waals surface area contributed by atoms with Crippen LogP contribution in [0, 0.1) is 12.3 Å². The number of amides is 1. The largest absolute Gasteiger partial charge is 0.493 e. The van der Waals surface area contributed by atoms with Crippen LogP contribution in [0.1, 0.15) is 38.8 Å². The van der Waals surface area contributed by atoms with E-state index in [4.69, 9.17) is 9.47 Å². The van der Waals surface area contributed by atoms with Gasteiger partial charge in [-0.3, -0.25) is 4.79 Å². The molecule has 28 heavy (non-hydrogen) atoms. The van der Waals surface area contributed by atoms with E-state index in [0.29, 0.717) is 17.5 Å². The molecule has 152 valence electrons. The van der Waals surface area contributed by atoms with Crippen molar-refractivity contribution in [2.45, 2.75) is 47.2 Å². The highest BCUT2D eigenvalue weighted by Gasteiger charge is 2.19. The second-order valence-corrected chi connectivity index (χ2v) is 8.16. The summed E-state index contributed by atoms with van der Waals surface area (Å²) in [6, 6.07) is 13.8. The minimum absolute atomic E-state index is 0.0804.